The summed E-state index contributed by atoms with van der Waals surface area (Å²) >= 11 is 5.34. The first-order valence-corrected chi connectivity index (χ1v) is 8.33. The largest absolute Gasteiger partial charge is 0.311 e. The van der Waals surface area contributed by atoms with Crippen molar-refractivity contribution in [2.45, 2.75) is 45.5 Å². The summed E-state index contributed by atoms with van der Waals surface area (Å²) in [7, 11) is 0. The number of thiol groups is 1. The summed E-state index contributed by atoms with van der Waals surface area (Å²) in [6, 6.07) is 0. The van der Waals surface area contributed by atoms with Crippen LogP contribution in [0.15, 0.2) is 0 Å². The van der Waals surface area contributed by atoms with Crippen molar-refractivity contribution in [3.05, 3.63) is 0 Å². The molecule has 0 aromatic rings. The molecule has 0 radical (unpaired) electrons. The molecule has 2 unspecified atom stereocenters. The average Bonchev–Trinajstić information content (AvgIpc) is 1.83. The van der Waals surface area contributed by atoms with Gasteiger partial charge < -0.3 is 4.52 Å². The van der Waals surface area contributed by atoms with Gasteiger partial charge in [-0.3, -0.25) is 4.57 Å². The summed E-state index contributed by atoms with van der Waals surface area (Å²) in [5.74, 6) is -2.71. The van der Waals surface area contributed by atoms with Gasteiger partial charge in [0.05, 0.1) is 6.10 Å². The Hall–Kier alpha value is 1.51. The van der Waals surface area contributed by atoms with Gasteiger partial charge in [-0.2, -0.15) is 0 Å². The fraction of sp³-hybridized carbons (Fsp3) is 1.00. The van der Waals surface area contributed by atoms with Crippen molar-refractivity contribution in [2.24, 2.45) is 0 Å². The molecule has 76 valence electrons. The molecule has 0 aromatic heterocycles. The summed E-state index contributed by atoms with van der Waals surface area (Å²) in [6.45, 7) is 7.80. The Morgan fingerprint density at radius 2 is 1.92 bits per heavy atom. The van der Waals surface area contributed by atoms with Crippen molar-refractivity contribution in [3.63, 3.8) is 0 Å². The van der Waals surface area contributed by atoms with E-state index in [2.05, 4.69) is 19.2 Å². The van der Waals surface area contributed by atoms with Gasteiger partial charge in [-0.15, -0.1) is 0 Å². The van der Waals surface area contributed by atoms with Gasteiger partial charge in [0.1, 0.15) is 0 Å². The third-order valence-electron chi connectivity index (χ3n) is 1.23. The predicted octanol–water partition coefficient (Wildman–Crippen LogP) is 3.98. The van der Waals surface area contributed by atoms with Gasteiger partial charge in [0.25, 0.3) is 0 Å². The van der Waals surface area contributed by atoms with Crippen molar-refractivity contribution in [2.75, 3.05) is 0 Å². The van der Waals surface area contributed by atoms with Gasteiger partial charge in [-0.1, -0.05) is 37.5 Å². The molecule has 0 saturated heterocycles. The summed E-state index contributed by atoms with van der Waals surface area (Å²) in [6.07, 6.45) is 0.960. The Morgan fingerprint density at radius 3 is 2.23 bits per heavy atom. The minimum absolute atomic E-state index is 0. The van der Waals surface area contributed by atoms with Crippen molar-refractivity contribution < 1.29 is 28.6 Å². The van der Waals surface area contributed by atoms with Crippen LogP contribution in [0.4, 0.5) is 0 Å². The molecule has 0 fully saturated rings. The van der Waals surface area contributed by atoms with E-state index in [1.54, 1.807) is 0 Å². The molecule has 0 bridgehead atoms. The molecule has 0 rings (SSSR count). The van der Waals surface area contributed by atoms with Crippen LogP contribution in [0.1, 0.15) is 34.1 Å². The average molecular weight is 294 g/mol. The van der Waals surface area contributed by atoms with Crippen LogP contribution in [0.25, 0.3) is 0 Å². The van der Waals surface area contributed by atoms with Crippen molar-refractivity contribution >= 4 is 29.4 Å². The second kappa shape index (κ2) is 7.76. The van der Waals surface area contributed by atoms with Gasteiger partial charge in [0.2, 0.25) is 0 Å². The second-order valence-corrected chi connectivity index (χ2v) is 9.58. The molecule has 0 aliphatic carbocycles. The van der Waals surface area contributed by atoms with Gasteiger partial charge in [-0.25, -0.2) is 0 Å². The quantitative estimate of drug-likeness (QED) is 0.472. The van der Waals surface area contributed by atoms with Crippen LogP contribution in [-0.2, 0) is 28.6 Å². The van der Waals surface area contributed by atoms with Crippen LogP contribution in [0.3, 0.4) is 0 Å². The summed E-state index contributed by atoms with van der Waals surface area (Å²) < 4.78 is 16.8. The molecule has 0 heterocycles. The van der Waals surface area contributed by atoms with E-state index in [0.717, 1.165) is 6.42 Å². The number of rotatable bonds is 5. The Balaban J connectivity index is 0. The maximum absolute atomic E-state index is 11.6. The van der Waals surface area contributed by atoms with E-state index in [4.69, 9.17) is 4.52 Å². The first-order chi connectivity index (χ1) is 5.37. The second-order valence-electron chi connectivity index (χ2n) is 2.95. The normalized spacial score (nSPS) is 17.7. The van der Waals surface area contributed by atoms with Crippen molar-refractivity contribution in [1.82, 2.24) is 0 Å². The molecule has 13 heavy (non-hydrogen) atoms. The fourth-order valence-corrected chi connectivity index (χ4v) is 6.27. The van der Waals surface area contributed by atoms with Gasteiger partial charge in [-0.05, 0) is 20.3 Å². The molecule has 0 aliphatic rings. The molecule has 2 nitrogen and oxygen atoms in total. The third kappa shape index (κ3) is 9.81. The van der Waals surface area contributed by atoms with E-state index in [9.17, 15) is 4.57 Å². The maximum Gasteiger partial charge on any atom is 0.310 e. The maximum atomic E-state index is 11.6. The number of hydrogen-bond acceptors (Lipinski definition) is 3. The van der Waals surface area contributed by atoms with Crippen molar-refractivity contribution in [3.8, 4) is 0 Å². The molecule has 0 aromatic carbocycles. The zero-order chi connectivity index (χ0) is 9.78. The molecule has 6 heteroatoms. The van der Waals surface area contributed by atoms with Crippen LogP contribution in [-0.4, -0.2) is 11.4 Å². The Kier molecular flexibility index (Phi) is 10.1. The number of hydrogen-bond donors (Lipinski definition) is 1. The molecular formula is C7H17O2PS2Zn. The monoisotopic (exact) mass is 292 g/mol. The van der Waals surface area contributed by atoms with E-state index < -0.39 is 5.77 Å². The smallest absolute Gasteiger partial charge is 0.310 e. The van der Waals surface area contributed by atoms with Crippen molar-refractivity contribution in [1.29, 1.82) is 0 Å². The van der Waals surface area contributed by atoms with Crippen LogP contribution in [0, 0.1) is 0 Å². The third-order valence-corrected chi connectivity index (χ3v) is 6.15. The van der Waals surface area contributed by atoms with Crippen LogP contribution < -0.4 is 0 Å². The van der Waals surface area contributed by atoms with E-state index >= 15 is 0 Å². The molecule has 0 amide bonds. The Morgan fingerprint density at radius 1 is 1.46 bits per heavy atom. The minimum atomic E-state index is -2.71. The zero-order valence-electron chi connectivity index (χ0n) is 8.69. The van der Waals surface area contributed by atoms with Gasteiger partial charge in [0, 0.05) is 24.7 Å². The van der Waals surface area contributed by atoms with Crippen LogP contribution >= 0.6 is 29.4 Å². The fourth-order valence-electron chi connectivity index (χ4n) is 0.593. The predicted molar refractivity (Wildman–Crippen MR) is 60.2 cm³/mol. The molecule has 0 N–H and O–H groups in total. The summed E-state index contributed by atoms with van der Waals surface area (Å²) in [4.78, 5) is 0. The van der Waals surface area contributed by atoms with Gasteiger partial charge in [0.15, 0.2) is 0 Å². The van der Waals surface area contributed by atoms with E-state index in [1.807, 2.05) is 20.8 Å². The molecular weight excluding hydrogens is 277 g/mol. The topological polar surface area (TPSA) is 26.3 Å². The van der Waals surface area contributed by atoms with E-state index in [-0.39, 0.29) is 25.6 Å². The molecule has 0 spiro atoms. The standard InChI is InChI=1S/C7H17O2PS2.Zn/c1-5-7(4)12-10(8,11)9-6(2)3;/h6-7H,5H2,1-4H3,(H,8,11);. The van der Waals surface area contributed by atoms with Crippen LogP contribution in [0.2, 0.25) is 0 Å². The first-order valence-electron chi connectivity index (χ1n) is 4.07. The Bertz CT molecular complexity index is 178. The molecule has 2 atom stereocenters. The molecule has 0 saturated carbocycles. The zero-order valence-corrected chi connectivity index (χ0v) is 14.3. The first kappa shape index (κ1) is 16.9. The van der Waals surface area contributed by atoms with E-state index in [1.165, 1.54) is 11.4 Å². The minimum Gasteiger partial charge on any atom is -0.311 e. The van der Waals surface area contributed by atoms with Crippen LogP contribution in [0.5, 0.6) is 0 Å². The Labute approximate surface area is 103 Å². The summed E-state index contributed by atoms with van der Waals surface area (Å²) in [5.41, 5.74) is 0. The van der Waals surface area contributed by atoms with E-state index in [0.29, 0.717) is 5.25 Å². The summed E-state index contributed by atoms with van der Waals surface area (Å²) in [5, 5.41) is 0.340. The van der Waals surface area contributed by atoms with Gasteiger partial charge >= 0.3 is 5.77 Å². The molecule has 0 aliphatic heterocycles. The SMILES string of the molecule is CCC(C)SP(=O)(S)OC(C)C.[Zn].